The van der Waals surface area contributed by atoms with Crippen LogP contribution in [0.4, 0.5) is 0 Å². The Bertz CT molecular complexity index is 218. The van der Waals surface area contributed by atoms with Crippen molar-refractivity contribution in [2.45, 2.75) is 8.42 Å². The van der Waals surface area contributed by atoms with Gasteiger partial charge in [-0.15, -0.1) is 25.3 Å². The van der Waals surface area contributed by atoms with Crippen LogP contribution in [0.15, 0.2) is 13.2 Å². The summed E-state index contributed by atoms with van der Waals surface area (Å²) in [6.45, 7) is 0. The quantitative estimate of drug-likeness (QED) is 0.489. The molecule has 0 amide bonds. The van der Waals surface area contributed by atoms with E-state index in [1.165, 1.54) is 0 Å². The summed E-state index contributed by atoms with van der Waals surface area (Å²) in [7, 11) is 0. The molecule has 0 aliphatic carbocycles. The van der Waals surface area contributed by atoms with Crippen LogP contribution in [0.5, 0.6) is 0 Å². The molecule has 0 atom stereocenters. The normalized spacial score (nSPS) is 7.80. The molecule has 48 valence electrons. The Kier molecular flexibility index (Phi) is 10.5. The third kappa shape index (κ3) is 4.54. The second-order valence-electron chi connectivity index (χ2n) is 1.06. The number of rotatable bonds is 0. The molecular formula is C3H4Na2OS4. The van der Waals surface area contributed by atoms with Gasteiger partial charge in [-0.2, -0.15) is 0 Å². The number of thiol groups is 2. The molecule has 0 saturated heterocycles. The molecule has 0 fully saturated rings. The third-order valence-corrected chi connectivity index (χ3v) is 3.77. The van der Waals surface area contributed by atoms with E-state index in [0.29, 0.717) is 8.42 Å². The Labute approximate surface area is 122 Å². The fourth-order valence-electron chi connectivity index (χ4n) is 0.266. The molecule has 0 aliphatic heterocycles. The standard InChI is InChI=1S/C3H2OS4.2Na.2H/c4-3-7-1(5)2(6)8-3;;;;/h5-6H;;;;. The zero-order valence-electron chi connectivity index (χ0n) is 3.62. The van der Waals surface area contributed by atoms with Gasteiger partial charge in [0.2, 0.25) is 0 Å². The third-order valence-electron chi connectivity index (χ3n) is 0.543. The van der Waals surface area contributed by atoms with Crippen molar-refractivity contribution in [1.29, 1.82) is 0 Å². The summed E-state index contributed by atoms with van der Waals surface area (Å²) in [6, 6.07) is 0. The van der Waals surface area contributed by atoms with Crippen LogP contribution in [-0.4, -0.2) is 59.1 Å². The summed E-state index contributed by atoms with van der Waals surface area (Å²) in [5.41, 5.74) is 0. The van der Waals surface area contributed by atoms with Gasteiger partial charge < -0.3 is 0 Å². The van der Waals surface area contributed by atoms with Crippen molar-refractivity contribution in [2.24, 2.45) is 0 Å². The zero-order chi connectivity index (χ0) is 6.15. The van der Waals surface area contributed by atoms with Gasteiger partial charge in [0.05, 0.1) is 8.42 Å². The van der Waals surface area contributed by atoms with Gasteiger partial charge in [0.15, 0.2) is 0 Å². The Morgan fingerprint density at radius 2 is 1.30 bits per heavy atom. The first-order valence-electron chi connectivity index (χ1n) is 1.72. The first kappa shape index (κ1) is 15.0. The van der Waals surface area contributed by atoms with Crippen molar-refractivity contribution in [1.82, 2.24) is 0 Å². The molecule has 1 aromatic rings. The van der Waals surface area contributed by atoms with E-state index in [0.717, 1.165) is 22.7 Å². The SMILES string of the molecule is O=c1sc(S)c(S)s1.[NaH].[NaH]. The Morgan fingerprint density at radius 1 is 1.00 bits per heavy atom. The molecular weight excluding hydrogens is 226 g/mol. The average Bonchev–Trinajstić information content (AvgIpc) is 1.85. The summed E-state index contributed by atoms with van der Waals surface area (Å²) in [5.74, 6) is 0. The molecule has 0 bridgehead atoms. The van der Waals surface area contributed by atoms with E-state index in [4.69, 9.17) is 0 Å². The van der Waals surface area contributed by atoms with Crippen LogP contribution in [0.3, 0.4) is 0 Å². The van der Waals surface area contributed by atoms with Gasteiger partial charge >= 0.3 is 59.1 Å². The van der Waals surface area contributed by atoms with E-state index in [1.807, 2.05) is 0 Å². The van der Waals surface area contributed by atoms with E-state index < -0.39 is 0 Å². The Balaban J connectivity index is 0. The van der Waals surface area contributed by atoms with Crippen molar-refractivity contribution < 1.29 is 0 Å². The molecule has 7 heteroatoms. The predicted octanol–water partition coefficient (Wildman–Crippen LogP) is 0.450. The summed E-state index contributed by atoms with van der Waals surface area (Å²) in [4.78, 5) is 10.5. The molecule has 1 aromatic heterocycles. The van der Waals surface area contributed by atoms with Crippen LogP contribution >= 0.6 is 47.9 Å². The summed E-state index contributed by atoms with van der Waals surface area (Å²) < 4.78 is 1.48. The number of hydrogen-bond donors (Lipinski definition) is 2. The zero-order valence-corrected chi connectivity index (χ0v) is 7.04. The molecule has 0 saturated carbocycles. The topological polar surface area (TPSA) is 17.1 Å². The molecule has 0 unspecified atom stereocenters. The van der Waals surface area contributed by atoms with Gasteiger partial charge in [0.25, 0.3) is 4.06 Å². The second-order valence-corrected chi connectivity index (χ2v) is 4.79. The Morgan fingerprint density at radius 3 is 1.40 bits per heavy atom. The van der Waals surface area contributed by atoms with Crippen LogP contribution in [0.2, 0.25) is 0 Å². The van der Waals surface area contributed by atoms with Gasteiger partial charge in [0, 0.05) is 0 Å². The monoisotopic (exact) mass is 230 g/mol. The molecule has 1 heterocycles. The minimum absolute atomic E-state index is 0. The van der Waals surface area contributed by atoms with Crippen molar-refractivity contribution in [3.63, 3.8) is 0 Å². The predicted molar refractivity (Wildman–Crippen MR) is 57.3 cm³/mol. The maximum atomic E-state index is 10.5. The summed E-state index contributed by atoms with van der Waals surface area (Å²) >= 11 is 10.2. The van der Waals surface area contributed by atoms with Crippen molar-refractivity contribution in [3.8, 4) is 0 Å². The second kappa shape index (κ2) is 7.00. The van der Waals surface area contributed by atoms with Crippen LogP contribution < -0.4 is 4.06 Å². The molecule has 1 rings (SSSR count). The fraction of sp³-hybridized carbons (Fsp3) is 0. The first-order valence-corrected chi connectivity index (χ1v) is 4.25. The van der Waals surface area contributed by atoms with E-state index >= 15 is 0 Å². The fourth-order valence-corrected chi connectivity index (χ4v) is 2.81. The van der Waals surface area contributed by atoms with Crippen molar-refractivity contribution in [3.05, 3.63) is 8.85 Å². The van der Waals surface area contributed by atoms with Crippen LogP contribution in [0.1, 0.15) is 0 Å². The Hall–Kier alpha value is 2.55. The molecule has 0 N–H and O–H groups in total. The van der Waals surface area contributed by atoms with Gasteiger partial charge in [-0.25, -0.2) is 0 Å². The average molecular weight is 230 g/mol. The molecule has 1 nitrogen and oxygen atoms in total. The van der Waals surface area contributed by atoms with E-state index in [2.05, 4.69) is 25.3 Å². The maximum absolute atomic E-state index is 10.5. The van der Waals surface area contributed by atoms with Gasteiger partial charge in [-0.05, 0) is 0 Å². The van der Waals surface area contributed by atoms with Crippen molar-refractivity contribution >= 4 is 107 Å². The minimum atomic E-state index is 0. The number of hydrogen-bond acceptors (Lipinski definition) is 5. The van der Waals surface area contributed by atoms with E-state index in [9.17, 15) is 4.79 Å². The van der Waals surface area contributed by atoms with Gasteiger partial charge in [0.1, 0.15) is 0 Å². The van der Waals surface area contributed by atoms with Gasteiger partial charge in [-0.3, -0.25) is 4.79 Å². The summed E-state index contributed by atoms with van der Waals surface area (Å²) in [6.07, 6.45) is 0. The molecule has 0 radical (unpaired) electrons. The molecule has 0 spiro atoms. The molecule has 0 aliphatic rings. The van der Waals surface area contributed by atoms with Crippen LogP contribution in [0.25, 0.3) is 0 Å². The first-order chi connectivity index (χ1) is 3.70. The van der Waals surface area contributed by atoms with E-state index in [1.54, 1.807) is 0 Å². The molecule has 0 aromatic carbocycles. The van der Waals surface area contributed by atoms with Crippen LogP contribution in [0, 0.1) is 0 Å². The van der Waals surface area contributed by atoms with E-state index in [-0.39, 0.29) is 63.2 Å². The van der Waals surface area contributed by atoms with Crippen LogP contribution in [-0.2, 0) is 0 Å². The van der Waals surface area contributed by atoms with Crippen molar-refractivity contribution in [2.75, 3.05) is 0 Å². The van der Waals surface area contributed by atoms with Gasteiger partial charge in [-0.1, -0.05) is 22.7 Å². The molecule has 10 heavy (non-hydrogen) atoms. The summed E-state index contributed by atoms with van der Waals surface area (Å²) in [5, 5.41) is 0.